The van der Waals surface area contributed by atoms with E-state index in [1.54, 1.807) is 0 Å². The normalized spacial score (nSPS) is 11.6. The molecule has 0 aliphatic carbocycles. The number of aromatic nitrogens is 1. The molecule has 0 fully saturated rings. The fourth-order valence-electron chi connectivity index (χ4n) is 9.39. The summed E-state index contributed by atoms with van der Waals surface area (Å²) in [6.07, 6.45) is 0. The van der Waals surface area contributed by atoms with Gasteiger partial charge in [-0.3, -0.25) is 0 Å². The van der Waals surface area contributed by atoms with Gasteiger partial charge in [0.2, 0.25) is 0 Å². The number of nitrogens with zero attached hydrogens (tertiary/aromatic N) is 2. The lowest BCUT2D eigenvalue weighted by Gasteiger charge is -2.26. The quantitative estimate of drug-likeness (QED) is 0.161. The third kappa shape index (κ3) is 5.82. The summed E-state index contributed by atoms with van der Waals surface area (Å²) < 4.78 is 8.96. The van der Waals surface area contributed by atoms with Crippen molar-refractivity contribution in [1.82, 2.24) is 4.57 Å². The van der Waals surface area contributed by atoms with Gasteiger partial charge < -0.3 is 13.9 Å². The van der Waals surface area contributed by atoms with Gasteiger partial charge in [-0.05, 0) is 105 Å². The maximum atomic E-state index is 6.59. The fraction of sp³-hybridized carbons (Fsp3) is 0. The summed E-state index contributed by atoms with van der Waals surface area (Å²) in [5.41, 5.74) is 15.5. The Bertz CT molecular complexity index is 3570. The molecule has 2 aromatic heterocycles. The van der Waals surface area contributed by atoms with E-state index in [1.807, 2.05) is 6.07 Å². The number of rotatable bonds is 7. The smallest absolute Gasteiger partial charge is 0.159 e. The number of furan rings is 1. The van der Waals surface area contributed by atoms with Crippen molar-refractivity contribution in [3.8, 4) is 39.1 Å². The second kappa shape index (κ2) is 14.3. The fourth-order valence-corrected chi connectivity index (χ4v) is 9.39. The maximum Gasteiger partial charge on any atom is 0.159 e. The summed E-state index contributed by atoms with van der Waals surface area (Å²) in [7, 11) is 0. The van der Waals surface area contributed by atoms with Gasteiger partial charge in [0.05, 0.1) is 16.7 Å². The highest BCUT2D eigenvalue weighted by Gasteiger charge is 2.21. The predicted octanol–water partition coefficient (Wildman–Crippen LogP) is 16.3. The lowest BCUT2D eigenvalue weighted by Crippen LogP contribution is -2.09. The highest BCUT2D eigenvalue weighted by atomic mass is 16.3. The van der Waals surface area contributed by atoms with E-state index < -0.39 is 0 Å². The molecule has 0 atom stereocenters. The zero-order valence-corrected chi connectivity index (χ0v) is 33.2. The number of benzene rings is 10. The van der Waals surface area contributed by atoms with Crippen LogP contribution in [0.3, 0.4) is 0 Å². The highest BCUT2D eigenvalue weighted by Crippen LogP contribution is 2.43. The molecule has 3 heteroatoms. The molecule has 0 aliphatic rings. The molecule has 0 saturated carbocycles. The monoisotopic (exact) mass is 778 g/mol. The van der Waals surface area contributed by atoms with Crippen molar-refractivity contribution in [1.29, 1.82) is 0 Å². The van der Waals surface area contributed by atoms with E-state index in [1.165, 1.54) is 49.4 Å². The van der Waals surface area contributed by atoms with Gasteiger partial charge in [0.15, 0.2) is 5.58 Å². The van der Waals surface area contributed by atoms with Crippen molar-refractivity contribution >= 4 is 71.6 Å². The first-order valence-corrected chi connectivity index (χ1v) is 20.8. The number of anilines is 3. The Morgan fingerprint density at radius 1 is 0.344 bits per heavy atom. The Morgan fingerprint density at radius 2 is 0.918 bits per heavy atom. The SMILES string of the molecule is c1ccc(N(c2ccc(-c3ccc(-c4cccc5ccccc45)cc3)cc2)c2cccc(-c3cccc4c3c3ccccc3n4-c3cccc4c3oc3ccccc34)c2)cc1. The van der Waals surface area contributed by atoms with Crippen LogP contribution in [0.25, 0.3) is 93.6 Å². The predicted molar refractivity (Wildman–Crippen MR) is 257 cm³/mol. The van der Waals surface area contributed by atoms with Gasteiger partial charge in [-0.1, -0.05) is 170 Å². The summed E-state index contributed by atoms with van der Waals surface area (Å²) >= 11 is 0. The number of hydrogen-bond acceptors (Lipinski definition) is 2. The summed E-state index contributed by atoms with van der Waals surface area (Å²) in [6, 6.07) is 82.8. The molecule has 0 saturated heterocycles. The molecule has 0 radical (unpaired) electrons. The molecule has 61 heavy (non-hydrogen) atoms. The molecular formula is C58H38N2O. The van der Waals surface area contributed by atoms with Crippen LogP contribution < -0.4 is 4.90 Å². The van der Waals surface area contributed by atoms with E-state index in [9.17, 15) is 0 Å². The van der Waals surface area contributed by atoms with Crippen LogP contribution in [0.2, 0.25) is 0 Å². The Morgan fingerprint density at radius 3 is 1.77 bits per heavy atom. The summed E-state index contributed by atoms with van der Waals surface area (Å²) in [4.78, 5) is 2.35. The zero-order chi connectivity index (χ0) is 40.3. The molecule has 2 heterocycles. The third-order valence-electron chi connectivity index (χ3n) is 12.2. The van der Waals surface area contributed by atoms with Crippen molar-refractivity contribution in [3.63, 3.8) is 0 Å². The molecule has 12 aromatic rings. The van der Waals surface area contributed by atoms with Crippen LogP contribution in [0.4, 0.5) is 17.1 Å². The van der Waals surface area contributed by atoms with Crippen molar-refractivity contribution in [2.45, 2.75) is 0 Å². The molecule has 0 bridgehead atoms. The van der Waals surface area contributed by atoms with Gasteiger partial charge in [0.25, 0.3) is 0 Å². The largest absolute Gasteiger partial charge is 0.454 e. The molecular weight excluding hydrogens is 741 g/mol. The average molecular weight is 779 g/mol. The molecule has 0 unspecified atom stereocenters. The van der Waals surface area contributed by atoms with Gasteiger partial charge in [-0.25, -0.2) is 0 Å². The summed E-state index contributed by atoms with van der Waals surface area (Å²) in [6.45, 7) is 0. The minimum atomic E-state index is 0.890. The van der Waals surface area contributed by atoms with E-state index in [-0.39, 0.29) is 0 Å². The van der Waals surface area contributed by atoms with Crippen molar-refractivity contribution in [3.05, 3.63) is 231 Å². The van der Waals surface area contributed by atoms with E-state index in [0.717, 1.165) is 61.3 Å². The van der Waals surface area contributed by atoms with Crippen LogP contribution in [0.1, 0.15) is 0 Å². The first-order chi connectivity index (χ1) is 30.3. The van der Waals surface area contributed by atoms with E-state index in [0.29, 0.717) is 0 Å². The Hall–Kier alpha value is -8.14. The molecule has 3 nitrogen and oxygen atoms in total. The van der Waals surface area contributed by atoms with Crippen molar-refractivity contribution in [2.75, 3.05) is 4.90 Å². The maximum absolute atomic E-state index is 6.59. The van der Waals surface area contributed by atoms with Gasteiger partial charge >= 0.3 is 0 Å². The zero-order valence-electron chi connectivity index (χ0n) is 33.2. The number of hydrogen-bond donors (Lipinski definition) is 0. The van der Waals surface area contributed by atoms with E-state index >= 15 is 0 Å². The van der Waals surface area contributed by atoms with Crippen LogP contribution in [0, 0.1) is 0 Å². The van der Waals surface area contributed by atoms with Gasteiger partial charge in [-0.15, -0.1) is 0 Å². The molecule has 286 valence electrons. The Labute approximate surface area is 353 Å². The average Bonchev–Trinajstić information content (AvgIpc) is 3.89. The van der Waals surface area contributed by atoms with Crippen LogP contribution in [-0.4, -0.2) is 4.57 Å². The lowest BCUT2D eigenvalue weighted by atomic mass is 9.96. The van der Waals surface area contributed by atoms with Crippen LogP contribution in [0.5, 0.6) is 0 Å². The van der Waals surface area contributed by atoms with Crippen LogP contribution in [0.15, 0.2) is 235 Å². The molecule has 12 rings (SSSR count). The second-order valence-electron chi connectivity index (χ2n) is 15.7. The highest BCUT2D eigenvalue weighted by molar-refractivity contribution is 6.17. The minimum Gasteiger partial charge on any atom is -0.454 e. The van der Waals surface area contributed by atoms with Gasteiger partial charge in [0, 0.05) is 38.6 Å². The van der Waals surface area contributed by atoms with Gasteiger partial charge in [0.1, 0.15) is 5.58 Å². The number of para-hydroxylation sites is 4. The van der Waals surface area contributed by atoms with E-state index in [2.05, 4.69) is 234 Å². The minimum absolute atomic E-state index is 0.890. The molecule has 0 spiro atoms. The standard InChI is InChI=1S/C58H38N2O/c1-2-17-44(18-3-1)59(45-36-34-40(35-37-45)39-30-32-42(33-31-39)48-23-11-15-41-14-4-5-20-47(41)48)46-19-10-16-43(38-46)49-24-12-27-54-57(49)52-22-6-8-26-53(52)60(54)55-28-13-25-51-50-21-7-9-29-56(50)61-58(51)55/h1-38H. The second-order valence-corrected chi connectivity index (χ2v) is 15.7. The van der Waals surface area contributed by atoms with Crippen molar-refractivity contribution in [2.24, 2.45) is 0 Å². The lowest BCUT2D eigenvalue weighted by molar-refractivity contribution is 0.666. The summed E-state index contributed by atoms with van der Waals surface area (Å²) in [5, 5.41) is 7.18. The molecule has 0 amide bonds. The van der Waals surface area contributed by atoms with Crippen LogP contribution >= 0.6 is 0 Å². The molecule has 10 aromatic carbocycles. The first-order valence-electron chi connectivity index (χ1n) is 20.8. The molecule has 0 aliphatic heterocycles. The Balaban J connectivity index is 0.943. The number of fused-ring (bicyclic) bond motifs is 7. The topological polar surface area (TPSA) is 21.3 Å². The Kier molecular flexibility index (Phi) is 8.17. The molecule has 0 N–H and O–H groups in total. The van der Waals surface area contributed by atoms with Crippen molar-refractivity contribution < 1.29 is 4.42 Å². The summed E-state index contributed by atoms with van der Waals surface area (Å²) in [5.74, 6) is 0. The van der Waals surface area contributed by atoms with Crippen LogP contribution in [-0.2, 0) is 0 Å². The van der Waals surface area contributed by atoms with Gasteiger partial charge in [-0.2, -0.15) is 0 Å². The first kappa shape index (κ1) is 34.9. The third-order valence-corrected chi connectivity index (χ3v) is 12.2. The van der Waals surface area contributed by atoms with E-state index in [4.69, 9.17) is 4.42 Å².